The van der Waals surface area contributed by atoms with E-state index in [2.05, 4.69) is 15.1 Å². The number of aliphatic imine (C=N–C) groups is 1. The minimum atomic E-state index is -0.505. The molecule has 3 rings (SSSR count). The Hall–Kier alpha value is -2.64. The quantitative estimate of drug-likeness (QED) is 0.617. The average molecular weight is 324 g/mol. The number of aromatic nitrogens is 2. The number of nitrogens with zero attached hydrogens (tertiary/aromatic N) is 4. The molecule has 0 bridgehead atoms. The van der Waals surface area contributed by atoms with Crippen LogP contribution in [0, 0.1) is 0 Å². The number of carbonyl (C=O) groups is 1. The molecule has 0 saturated carbocycles. The van der Waals surface area contributed by atoms with Crippen LogP contribution < -0.4 is 0 Å². The van der Waals surface area contributed by atoms with Crippen LogP contribution in [0.4, 0.5) is 0 Å². The zero-order chi connectivity index (χ0) is 16.8. The number of hydrogen-bond acceptors (Lipinski definition) is 6. The van der Waals surface area contributed by atoms with Gasteiger partial charge in [0.15, 0.2) is 0 Å². The van der Waals surface area contributed by atoms with E-state index in [1.165, 1.54) is 0 Å². The van der Waals surface area contributed by atoms with Crippen molar-refractivity contribution in [3.63, 3.8) is 0 Å². The van der Waals surface area contributed by atoms with Crippen molar-refractivity contribution < 1.29 is 14.0 Å². The van der Waals surface area contributed by atoms with E-state index in [1.54, 1.807) is 4.90 Å². The van der Waals surface area contributed by atoms with Gasteiger partial charge in [-0.15, -0.1) is 0 Å². The molecule has 2 heterocycles. The summed E-state index contributed by atoms with van der Waals surface area (Å²) in [5.41, 5.74) is 0.864. The molecule has 1 saturated heterocycles. The van der Waals surface area contributed by atoms with Gasteiger partial charge in [0.1, 0.15) is 0 Å². The van der Waals surface area contributed by atoms with Gasteiger partial charge < -0.3 is 0 Å². The van der Waals surface area contributed by atoms with Gasteiger partial charge in [-0.1, -0.05) is 6.07 Å². The van der Waals surface area contributed by atoms with Crippen molar-refractivity contribution >= 4 is 19.2 Å². The molecule has 1 atom stereocenters. The first kappa shape index (κ1) is 16.2. The van der Waals surface area contributed by atoms with E-state index >= 15 is 0 Å². The van der Waals surface area contributed by atoms with E-state index in [9.17, 15) is 9.50 Å². The minimum absolute atomic E-state index is 0.106. The molecule has 1 amide bonds. The molecule has 0 aliphatic carbocycles. The molecule has 8 heteroatoms. The summed E-state index contributed by atoms with van der Waals surface area (Å²) in [7, 11) is 0.590. The maximum absolute atomic E-state index is 12.5. The fourth-order valence-electron chi connectivity index (χ4n) is 2.71. The van der Waals surface area contributed by atoms with Crippen LogP contribution in [-0.2, 0) is 16.0 Å². The van der Waals surface area contributed by atoms with Crippen molar-refractivity contribution in [3.05, 3.63) is 36.2 Å². The molecule has 1 fully saturated rings. The monoisotopic (exact) mass is 324 g/mol. The maximum atomic E-state index is 12.5. The molecular weight excluding hydrogens is 307 g/mol. The molecular formula is C16H17BN4O3. The Morgan fingerprint density at radius 2 is 2.17 bits per heavy atom. The third kappa shape index (κ3) is 3.82. The fourth-order valence-corrected chi connectivity index (χ4v) is 2.71. The first-order chi connectivity index (χ1) is 11.8. The molecule has 122 valence electrons. The molecule has 24 heavy (non-hydrogen) atoms. The molecule has 1 aliphatic heterocycles. The van der Waals surface area contributed by atoms with Gasteiger partial charge in [-0.25, -0.2) is 0 Å². The molecule has 2 aromatic rings. The molecule has 0 radical (unpaired) electrons. The van der Waals surface area contributed by atoms with Crippen LogP contribution in [-0.4, -0.2) is 46.8 Å². The summed E-state index contributed by atoms with van der Waals surface area (Å²) in [4.78, 5) is 22.6. The summed E-state index contributed by atoms with van der Waals surface area (Å²) in [6, 6.07) is 9.01. The van der Waals surface area contributed by atoms with Gasteiger partial charge in [-0.2, -0.15) is 0 Å². The third-order valence-corrected chi connectivity index (χ3v) is 3.91. The number of likely N-dealkylation sites (tertiary alicyclic amines) is 1. The second-order valence-electron chi connectivity index (χ2n) is 5.58. The fraction of sp³-hybridized carbons (Fsp3) is 0.375. The predicted molar refractivity (Wildman–Crippen MR) is 87.7 cm³/mol. The Bertz CT molecular complexity index is 732. The van der Waals surface area contributed by atoms with Crippen molar-refractivity contribution in [2.75, 3.05) is 6.54 Å². The third-order valence-electron chi connectivity index (χ3n) is 3.91. The normalized spacial score (nSPS) is 18.6. The number of hydrogen-bond donors (Lipinski definition) is 0. The van der Waals surface area contributed by atoms with Crippen molar-refractivity contribution in [2.45, 2.75) is 31.8 Å². The first-order valence-electron chi connectivity index (χ1n) is 7.91. The average Bonchev–Trinajstić information content (AvgIpc) is 3.01. The van der Waals surface area contributed by atoms with Gasteiger partial charge >= 0.3 is 133 Å². The van der Waals surface area contributed by atoms with Gasteiger partial charge in [-0.05, 0) is 0 Å². The summed E-state index contributed by atoms with van der Waals surface area (Å²) in [5.74, 6) is 0.788. The molecule has 0 spiro atoms. The van der Waals surface area contributed by atoms with Crippen LogP contribution in [0.3, 0.4) is 0 Å². The number of carbonyl (C=O) groups excluding carboxylic acids is 1. The van der Waals surface area contributed by atoms with Crippen LogP contribution in [0.5, 0.6) is 0 Å². The number of rotatable bonds is 5. The molecule has 1 aliphatic rings. The first-order valence-corrected chi connectivity index (χ1v) is 7.91. The molecule has 7 nitrogen and oxygen atoms in total. The van der Waals surface area contributed by atoms with Crippen molar-refractivity contribution in [3.8, 4) is 11.4 Å². The van der Waals surface area contributed by atoms with Gasteiger partial charge in [0.2, 0.25) is 0 Å². The molecule has 0 unspecified atom stereocenters. The SMILES string of the molecule is O=BC=N[C@H]1CCCCN(Cc2nc(-c3ccccc3)no2)C1=O. The summed E-state index contributed by atoms with van der Waals surface area (Å²) in [6.07, 6.45) is 3.58. The number of benzene rings is 1. The van der Waals surface area contributed by atoms with E-state index in [-0.39, 0.29) is 12.5 Å². The van der Waals surface area contributed by atoms with Gasteiger partial charge in [0.25, 0.3) is 0 Å². The topological polar surface area (TPSA) is 88.7 Å². The summed E-state index contributed by atoms with van der Waals surface area (Å²) in [6.45, 7) is 0.876. The summed E-state index contributed by atoms with van der Waals surface area (Å²) < 4.78 is 15.7. The Kier molecular flexibility index (Phi) is 5.25. The second kappa shape index (κ2) is 7.76. The molecule has 1 aromatic carbocycles. The van der Waals surface area contributed by atoms with Crippen LogP contribution in [0.25, 0.3) is 11.4 Å². The second-order valence-corrected chi connectivity index (χ2v) is 5.58. The Morgan fingerprint density at radius 1 is 1.33 bits per heavy atom. The number of amides is 1. The van der Waals surface area contributed by atoms with Crippen molar-refractivity contribution in [2.24, 2.45) is 4.99 Å². The molecule has 0 N–H and O–H groups in total. The van der Waals surface area contributed by atoms with Gasteiger partial charge in [0, 0.05) is 0 Å². The van der Waals surface area contributed by atoms with Gasteiger partial charge in [-0.3, -0.25) is 0 Å². The van der Waals surface area contributed by atoms with E-state index < -0.39 is 6.04 Å². The van der Waals surface area contributed by atoms with E-state index in [0.29, 0.717) is 31.8 Å². The van der Waals surface area contributed by atoms with E-state index in [4.69, 9.17) is 4.52 Å². The van der Waals surface area contributed by atoms with E-state index in [0.717, 1.165) is 24.5 Å². The van der Waals surface area contributed by atoms with E-state index in [1.807, 2.05) is 30.3 Å². The zero-order valence-corrected chi connectivity index (χ0v) is 13.2. The van der Waals surface area contributed by atoms with Crippen LogP contribution >= 0.6 is 0 Å². The predicted octanol–water partition coefficient (Wildman–Crippen LogP) is 1.70. The Labute approximate surface area is 140 Å². The van der Waals surface area contributed by atoms with Gasteiger partial charge in [0.05, 0.1) is 0 Å². The Balaban J connectivity index is 1.72. The standard InChI is InChI=1S/C16H17BN4O3/c22-16-13(18-11-17-23)8-4-5-9-21(16)10-14-19-15(20-24-14)12-6-2-1-3-7-12/h1-3,6-7,11,13H,4-5,8-10H2/t13-/m0/s1. The Morgan fingerprint density at radius 3 is 2.96 bits per heavy atom. The zero-order valence-electron chi connectivity index (χ0n) is 13.2. The van der Waals surface area contributed by atoms with Crippen molar-refractivity contribution in [1.82, 2.24) is 15.0 Å². The molecule has 1 aromatic heterocycles. The van der Waals surface area contributed by atoms with Crippen LogP contribution in [0.2, 0.25) is 0 Å². The van der Waals surface area contributed by atoms with Crippen molar-refractivity contribution in [1.29, 1.82) is 0 Å². The summed E-state index contributed by atoms with van der Waals surface area (Å²) >= 11 is 0. The van der Waals surface area contributed by atoms with Crippen LogP contribution in [0.15, 0.2) is 39.8 Å². The van der Waals surface area contributed by atoms with Crippen LogP contribution in [0.1, 0.15) is 25.2 Å². The summed E-state index contributed by atoms with van der Waals surface area (Å²) in [5, 5.41) is 3.97.